The Balaban J connectivity index is 0.00000288. The fraction of sp³-hybridized carbons (Fsp3) is 0.429. The van der Waals surface area contributed by atoms with Crippen molar-refractivity contribution in [1.82, 2.24) is 0 Å². The van der Waals surface area contributed by atoms with Crippen LogP contribution in [0.4, 0.5) is 0 Å². The number of nitrogens with zero attached hydrogens (tertiary/aromatic N) is 1. The zero-order valence-electron chi connectivity index (χ0n) is 15.1. The minimum Gasteiger partial charge on any atom is -1.00 e. The normalized spacial score (nSPS) is 11.3. The molecule has 0 aromatic heterocycles. The summed E-state index contributed by atoms with van der Waals surface area (Å²) in [5.41, 5.74) is 2.45. The minimum absolute atomic E-state index is 0. The number of rotatable bonds is 9. The molecule has 0 fully saturated rings. The molecular weight excluding hydrogens is 409 g/mol. The SMILES string of the molecule is CC[N+](CC)(CC)CCOC(c1ccccc1)c1ccccc1.[I-]. The average molecular weight is 439 g/mol. The third-order valence-electron chi connectivity index (χ3n) is 5.07. The molecule has 0 saturated carbocycles. The molecule has 0 amide bonds. The second-order valence-electron chi connectivity index (χ2n) is 6.09. The van der Waals surface area contributed by atoms with Gasteiger partial charge in [-0.25, -0.2) is 0 Å². The van der Waals surface area contributed by atoms with Gasteiger partial charge >= 0.3 is 0 Å². The highest BCUT2D eigenvalue weighted by molar-refractivity contribution is 5.29. The maximum absolute atomic E-state index is 6.36. The van der Waals surface area contributed by atoms with Crippen molar-refractivity contribution in [3.05, 3.63) is 71.8 Å². The third-order valence-corrected chi connectivity index (χ3v) is 5.07. The highest BCUT2D eigenvalue weighted by Crippen LogP contribution is 2.25. The standard InChI is InChI=1S/C21H30NO.HI/c1-4-22(5-2,6-3)17-18-23-21(19-13-9-7-10-14-19)20-15-11-8-12-16-20;/h7-16,21H,4-6,17-18H2,1-3H3;1H/q+1;/p-1. The first-order valence-electron chi connectivity index (χ1n) is 8.81. The van der Waals surface area contributed by atoms with Gasteiger partial charge in [-0.15, -0.1) is 0 Å². The first-order valence-corrected chi connectivity index (χ1v) is 8.81. The molecule has 0 aliphatic heterocycles. The monoisotopic (exact) mass is 439 g/mol. The zero-order chi connectivity index (χ0) is 16.5. The van der Waals surface area contributed by atoms with Crippen LogP contribution in [0.2, 0.25) is 0 Å². The number of hydrogen-bond acceptors (Lipinski definition) is 1. The second kappa shape index (κ2) is 10.9. The quantitative estimate of drug-likeness (QED) is 0.427. The number of halogens is 1. The maximum atomic E-state index is 6.36. The average Bonchev–Trinajstić information content (AvgIpc) is 2.64. The van der Waals surface area contributed by atoms with E-state index in [-0.39, 0.29) is 30.1 Å². The smallest absolute Gasteiger partial charge is 0.108 e. The van der Waals surface area contributed by atoms with Crippen LogP contribution in [-0.4, -0.2) is 37.3 Å². The van der Waals surface area contributed by atoms with Crippen LogP contribution in [-0.2, 0) is 4.74 Å². The highest BCUT2D eigenvalue weighted by Gasteiger charge is 2.22. The fourth-order valence-corrected chi connectivity index (χ4v) is 3.15. The Morgan fingerprint density at radius 1 is 0.750 bits per heavy atom. The van der Waals surface area contributed by atoms with Gasteiger partial charge in [-0.05, 0) is 31.9 Å². The molecule has 2 nitrogen and oxygen atoms in total. The lowest BCUT2D eigenvalue weighted by molar-refractivity contribution is -0.923. The highest BCUT2D eigenvalue weighted by atomic mass is 127. The Morgan fingerprint density at radius 2 is 1.17 bits per heavy atom. The van der Waals surface area contributed by atoms with Crippen molar-refractivity contribution in [2.75, 3.05) is 32.8 Å². The Morgan fingerprint density at radius 3 is 1.54 bits per heavy atom. The third kappa shape index (κ3) is 5.57. The molecule has 2 aromatic rings. The Hall–Kier alpha value is -0.910. The van der Waals surface area contributed by atoms with Crippen LogP contribution in [0.1, 0.15) is 38.0 Å². The molecule has 0 atom stereocenters. The summed E-state index contributed by atoms with van der Waals surface area (Å²) in [5, 5.41) is 0. The molecule has 2 aromatic carbocycles. The summed E-state index contributed by atoms with van der Waals surface area (Å²) in [7, 11) is 0. The molecule has 0 radical (unpaired) electrons. The Kier molecular flexibility index (Phi) is 9.56. The molecule has 132 valence electrons. The van der Waals surface area contributed by atoms with E-state index >= 15 is 0 Å². The van der Waals surface area contributed by atoms with Crippen molar-refractivity contribution < 1.29 is 33.2 Å². The number of quaternary nitrogens is 1. The topological polar surface area (TPSA) is 9.23 Å². The number of hydrogen-bond donors (Lipinski definition) is 0. The van der Waals surface area contributed by atoms with Crippen LogP contribution in [0.5, 0.6) is 0 Å². The number of benzene rings is 2. The molecule has 0 N–H and O–H groups in total. The summed E-state index contributed by atoms with van der Waals surface area (Å²) < 4.78 is 7.48. The van der Waals surface area contributed by atoms with Crippen LogP contribution in [0.3, 0.4) is 0 Å². The molecule has 0 heterocycles. The van der Waals surface area contributed by atoms with E-state index in [0.29, 0.717) is 0 Å². The molecule has 3 heteroatoms. The van der Waals surface area contributed by atoms with Gasteiger partial charge in [0.2, 0.25) is 0 Å². The van der Waals surface area contributed by atoms with Crippen molar-refractivity contribution in [2.24, 2.45) is 0 Å². The van der Waals surface area contributed by atoms with Crippen LogP contribution >= 0.6 is 0 Å². The van der Waals surface area contributed by atoms with E-state index < -0.39 is 0 Å². The predicted molar refractivity (Wildman–Crippen MR) is 97.4 cm³/mol. The van der Waals surface area contributed by atoms with Gasteiger partial charge in [-0.1, -0.05) is 60.7 Å². The lowest BCUT2D eigenvalue weighted by atomic mass is 10.0. The van der Waals surface area contributed by atoms with Crippen molar-refractivity contribution in [2.45, 2.75) is 26.9 Å². The van der Waals surface area contributed by atoms with E-state index in [4.69, 9.17) is 4.74 Å². The summed E-state index contributed by atoms with van der Waals surface area (Å²) >= 11 is 0. The summed E-state index contributed by atoms with van der Waals surface area (Å²) in [6.45, 7) is 12.2. The van der Waals surface area contributed by atoms with Crippen LogP contribution in [0.15, 0.2) is 60.7 Å². The molecule has 0 unspecified atom stereocenters. The molecule has 2 rings (SSSR count). The van der Waals surface area contributed by atoms with Gasteiger partial charge in [-0.2, -0.15) is 0 Å². The van der Waals surface area contributed by atoms with Gasteiger partial charge < -0.3 is 33.2 Å². The molecule has 0 saturated heterocycles. The summed E-state index contributed by atoms with van der Waals surface area (Å²) in [6.07, 6.45) is 0.0184. The van der Waals surface area contributed by atoms with Crippen molar-refractivity contribution in [1.29, 1.82) is 0 Å². The van der Waals surface area contributed by atoms with Gasteiger partial charge in [0.1, 0.15) is 12.6 Å². The van der Waals surface area contributed by atoms with Crippen molar-refractivity contribution in [3.8, 4) is 0 Å². The van der Waals surface area contributed by atoms with Crippen LogP contribution < -0.4 is 24.0 Å². The molecular formula is C21H30INO. The summed E-state index contributed by atoms with van der Waals surface area (Å²) in [4.78, 5) is 0. The van der Waals surface area contributed by atoms with Gasteiger partial charge in [0.05, 0.1) is 26.2 Å². The largest absolute Gasteiger partial charge is 1.00 e. The van der Waals surface area contributed by atoms with Crippen LogP contribution in [0.25, 0.3) is 0 Å². The molecule has 0 aliphatic carbocycles. The Labute approximate surface area is 164 Å². The predicted octanol–water partition coefficient (Wildman–Crippen LogP) is 1.67. The van der Waals surface area contributed by atoms with E-state index in [1.807, 2.05) is 0 Å². The van der Waals surface area contributed by atoms with Crippen LogP contribution in [0, 0.1) is 0 Å². The Bertz CT molecular complexity index is 507. The first-order chi connectivity index (χ1) is 11.2. The van der Waals surface area contributed by atoms with E-state index in [9.17, 15) is 0 Å². The maximum Gasteiger partial charge on any atom is 0.108 e. The molecule has 0 aliphatic rings. The van der Waals surface area contributed by atoms with Gasteiger partial charge in [0.25, 0.3) is 0 Å². The van der Waals surface area contributed by atoms with Crippen molar-refractivity contribution in [3.63, 3.8) is 0 Å². The molecule has 0 spiro atoms. The van der Waals surface area contributed by atoms with E-state index in [1.54, 1.807) is 0 Å². The van der Waals surface area contributed by atoms with E-state index in [1.165, 1.54) is 11.1 Å². The first kappa shape index (κ1) is 21.1. The summed E-state index contributed by atoms with van der Waals surface area (Å²) in [6, 6.07) is 21.0. The zero-order valence-corrected chi connectivity index (χ0v) is 17.3. The van der Waals surface area contributed by atoms with E-state index in [0.717, 1.165) is 37.3 Å². The number of ether oxygens (including phenoxy) is 1. The molecule has 0 bridgehead atoms. The lowest BCUT2D eigenvalue weighted by Crippen LogP contribution is -3.00. The summed E-state index contributed by atoms with van der Waals surface area (Å²) in [5.74, 6) is 0. The van der Waals surface area contributed by atoms with Gasteiger partial charge in [0, 0.05) is 0 Å². The minimum atomic E-state index is 0. The van der Waals surface area contributed by atoms with Crippen molar-refractivity contribution >= 4 is 0 Å². The van der Waals surface area contributed by atoms with Gasteiger partial charge in [0.15, 0.2) is 0 Å². The van der Waals surface area contributed by atoms with E-state index in [2.05, 4.69) is 81.4 Å². The second-order valence-corrected chi connectivity index (χ2v) is 6.09. The fourth-order valence-electron chi connectivity index (χ4n) is 3.15. The molecule has 24 heavy (non-hydrogen) atoms. The number of likely N-dealkylation sites (N-methyl/N-ethyl adjacent to an activating group) is 1. The lowest BCUT2D eigenvalue weighted by Gasteiger charge is -2.36. The van der Waals surface area contributed by atoms with Gasteiger partial charge in [-0.3, -0.25) is 0 Å².